The van der Waals surface area contributed by atoms with Gasteiger partial charge in [-0.05, 0) is 42.3 Å². The number of nitro groups is 1. The molecule has 2 heterocycles. The molecular weight excluding hydrogens is 462 g/mol. The Morgan fingerprint density at radius 1 is 1.06 bits per heavy atom. The Morgan fingerprint density at radius 2 is 1.78 bits per heavy atom. The topological polar surface area (TPSA) is 103 Å². The van der Waals surface area contributed by atoms with Crippen LogP contribution in [0.1, 0.15) is 37.5 Å². The zero-order valence-electron chi connectivity index (χ0n) is 20.3. The molecule has 0 spiro atoms. The molecule has 2 aromatic heterocycles. The highest BCUT2D eigenvalue weighted by atomic mass is 16.6. The fourth-order valence-corrected chi connectivity index (χ4v) is 4.08. The largest absolute Gasteiger partial charge is 0.490 e. The van der Waals surface area contributed by atoms with E-state index in [4.69, 9.17) is 9.47 Å². The third-order valence-electron chi connectivity index (χ3n) is 5.95. The second kappa shape index (κ2) is 9.91. The third-order valence-corrected chi connectivity index (χ3v) is 5.95. The standard InChI is InChI=1S/C27H25N3O6/c1-17-24(27(32)36-16-18-8-6-5-7-9-18)22-15-20(28(2)3)12-13-29(22)25(17)26(31)19-10-11-21(30(33)34)23(14-19)35-4/h5-15H,16H2,1-4H3. The molecule has 9 heteroatoms. The second-order valence-corrected chi connectivity index (χ2v) is 8.42. The van der Waals surface area contributed by atoms with Crippen LogP contribution in [0.3, 0.4) is 0 Å². The summed E-state index contributed by atoms with van der Waals surface area (Å²) in [5.74, 6) is -0.984. The number of nitro benzene ring substituents is 1. The van der Waals surface area contributed by atoms with E-state index in [2.05, 4.69) is 0 Å². The molecule has 36 heavy (non-hydrogen) atoms. The van der Waals surface area contributed by atoms with Crippen LogP contribution in [0, 0.1) is 17.0 Å². The van der Waals surface area contributed by atoms with Gasteiger partial charge in [0.05, 0.1) is 28.8 Å². The minimum absolute atomic E-state index is 0.0262. The van der Waals surface area contributed by atoms with Gasteiger partial charge >= 0.3 is 11.7 Å². The van der Waals surface area contributed by atoms with E-state index in [1.54, 1.807) is 17.5 Å². The van der Waals surface area contributed by atoms with E-state index in [0.717, 1.165) is 11.3 Å². The lowest BCUT2D eigenvalue weighted by molar-refractivity contribution is -0.385. The number of ether oxygens (including phenoxy) is 2. The lowest BCUT2D eigenvalue weighted by Crippen LogP contribution is -2.10. The van der Waals surface area contributed by atoms with Gasteiger partial charge in [-0.3, -0.25) is 14.9 Å². The van der Waals surface area contributed by atoms with E-state index < -0.39 is 16.7 Å². The van der Waals surface area contributed by atoms with Crippen LogP contribution < -0.4 is 9.64 Å². The van der Waals surface area contributed by atoms with Crippen molar-refractivity contribution in [2.75, 3.05) is 26.1 Å². The minimum atomic E-state index is -0.575. The molecule has 0 aliphatic carbocycles. The molecule has 4 rings (SSSR count). The fraction of sp³-hybridized carbons (Fsp3) is 0.185. The van der Waals surface area contributed by atoms with E-state index in [9.17, 15) is 19.7 Å². The molecule has 0 N–H and O–H groups in total. The maximum absolute atomic E-state index is 13.7. The van der Waals surface area contributed by atoms with Crippen molar-refractivity contribution in [1.29, 1.82) is 0 Å². The third kappa shape index (κ3) is 4.50. The Kier molecular flexibility index (Phi) is 6.73. The number of anilines is 1. The number of fused-ring (bicyclic) bond motifs is 1. The molecule has 2 aromatic carbocycles. The number of carbonyl (C=O) groups is 2. The van der Waals surface area contributed by atoms with E-state index in [-0.39, 0.29) is 34.9 Å². The number of aromatic nitrogens is 1. The van der Waals surface area contributed by atoms with Gasteiger partial charge < -0.3 is 18.8 Å². The molecule has 0 saturated carbocycles. The molecule has 0 fully saturated rings. The van der Waals surface area contributed by atoms with E-state index in [1.165, 1.54) is 25.3 Å². The van der Waals surface area contributed by atoms with Crippen LogP contribution in [-0.2, 0) is 11.3 Å². The summed E-state index contributed by atoms with van der Waals surface area (Å²) in [7, 11) is 5.06. The number of carbonyl (C=O) groups excluding carboxylic acids is 2. The number of ketones is 1. The number of pyridine rings is 1. The highest BCUT2D eigenvalue weighted by Gasteiger charge is 2.28. The van der Waals surface area contributed by atoms with Gasteiger partial charge in [-0.25, -0.2) is 4.79 Å². The number of esters is 1. The van der Waals surface area contributed by atoms with Gasteiger partial charge in [-0.2, -0.15) is 0 Å². The quantitative estimate of drug-likeness (QED) is 0.152. The van der Waals surface area contributed by atoms with Crippen molar-refractivity contribution in [2.24, 2.45) is 0 Å². The number of nitrogens with zero attached hydrogens (tertiary/aromatic N) is 3. The minimum Gasteiger partial charge on any atom is -0.490 e. The maximum Gasteiger partial charge on any atom is 0.340 e. The summed E-state index contributed by atoms with van der Waals surface area (Å²) < 4.78 is 12.4. The van der Waals surface area contributed by atoms with Crippen molar-refractivity contribution in [3.05, 3.63) is 105 Å². The highest BCUT2D eigenvalue weighted by Crippen LogP contribution is 2.32. The van der Waals surface area contributed by atoms with Crippen molar-refractivity contribution in [3.8, 4) is 5.75 Å². The Morgan fingerprint density at radius 3 is 2.42 bits per heavy atom. The predicted octanol–water partition coefficient (Wildman–Crippen LogP) is 4.82. The summed E-state index contributed by atoms with van der Waals surface area (Å²) in [6.07, 6.45) is 1.72. The lowest BCUT2D eigenvalue weighted by atomic mass is 10.0. The smallest absolute Gasteiger partial charge is 0.340 e. The maximum atomic E-state index is 13.7. The molecule has 0 unspecified atom stereocenters. The molecule has 0 aliphatic rings. The van der Waals surface area contributed by atoms with Gasteiger partial charge in [-0.1, -0.05) is 30.3 Å². The first kappa shape index (κ1) is 24.5. The number of methoxy groups -OCH3 is 1. The van der Waals surface area contributed by atoms with Gasteiger partial charge in [0.1, 0.15) is 6.61 Å². The molecule has 0 aliphatic heterocycles. The Bertz CT molecular complexity index is 1470. The first-order valence-corrected chi connectivity index (χ1v) is 11.1. The van der Waals surface area contributed by atoms with Crippen molar-refractivity contribution < 1.29 is 24.0 Å². The Balaban J connectivity index is 1.82. The van der Waals surface area contributed by atoms with Gasteiger partial charge in [-0.15, -0.1) is 0 Å². The highest BCUT2D eigenvalue weighted by molar-refractivity contribution is 6.13. The monoisotopic (exact) mass is 487 g/mol. The molecule has 0 amide bonds. The van der Waals surface area contributed by atoms with Crippen LogP contribution >= 0.6 is 0 Å². The SMILES string of the molecule is COc1cc(C(=O)c2c(C)c(C(=O)OCc3ccccc3)c3cc(N(C)C)ccn23)ccc1[N+](=O)[O-]. The van der Waals surface area contributed by atoms with Crippen molar-refractivity contribution in [3.63, 3.8) is 0 Å². The molecule has 4 aromatic rings. The molecule has 0 radical (unpaired) electrons. The van der Waals surface area contributed by atoms with Crippen LogP contribution in [0.4, 0.5) is 11.4 Å². The lowest BCUT2D eigenvalue weighted by Gasteiger charge is -2.13. The van der Waals surface area contributed by atoms with Gasteiger partial charge in [0, 0.05) is 37.6 Å². The van der Waals surface area contributed by atoms with Crippen molar-refractivity contribution in [2.45, 2.75) is 13.5 Å². The zero-order valence-corrected chi connectivity index (χ0v) is 20.3. The number of rotatable bonds is 8. The summed E-state index contributed by atoms with van der Waals surface area (Å²) in [5, 5.41) is 11.3. The van der Waals surface area contributed by atoms with Crippen molar-refractivity contribution >= 4 is 28.6 Å². The van der Waals surface area contributed by atoms with E-state index >= 15 is 0 Å². The number of hydrogen-bond acceptors (Lipinski definition) is 7. The second-order valence-electron chi connectivity index (χ2n) is 8.42. The fourth-order valence-electron chi connectivity index (χ4n) is 4.08. The van der Waals surface area contributed by atoms with Crippen LogP contribution in [-0.4, -0.2) is 42.3 Å². The average Bonchev–Trinajstić information content (AvgIpc) is 3.17. The summed E-state index contributed by atoms with van der Waals surface area (Å²) in [5.41, 5.74) is 3.15. The van der Waals surface area contributed by atoms with Gasteiger partial charge in [0.15, 0.2) is 5.75 Å². The van der Waals surface area contributed by atoms with E-state index in [0.29, 0.717) is 11.1 Å². The molecular formula is C27H25N3O6. The Labute approximate surface area is 207 Å². The summed E-state index contributed by atoms with van der Waals surface area (Å²) in [6.45, 7) is 1.78. The summed E-state index contributed by atoms with van der Waals surface area (Å²) in [6, 6.07) is 16.9. The molecule has 0 saturated heterocycles. The molecule has 0 bridgehead atoms. The number of benzene rings is 2. The van der Waals surface area contributed by atoms with Gasteiger partial charge in [0.25, 0.3) is 0 Å². The molecule has 0 atom stereocenters. The average molecular weight is 488 g/mol. The zero-order chi connectivity index (χ0) is 26.0. The first-order valence-electron chi connectivity index (χ1n) is 11.1. The number of hydrogen-bond donors (Lipinski definition) is 0. The van der Waals surface area contributed by atoms with Crippen LogP contribution in [0.2, 0.25) is 0 Å². The van der Waals surface area contributed by atoms with Crippen molar-refractivity contribution in [1.82, 2.24) is 4.40 Å². The van der Waals surface area contributed by atoms with Crippen LogP contribution in [0.25, 0.3) is 5.52 Å². The molecule has 184 valence electrons. The molecule has 9 nitrogen and oxygen atoms in total. The normalized spacial score (nSPS) is 10.8. The first-order chi connectivity index (χ1) is 17.2. The predicted molar refractivity (Wildman–Crippen MR) is 135 cm³/mol. The van der Waals surface area contributed by atoms with E-state index in [1.807, 2.05) is 61.5 Å². The van der Waals surface area contributed by atoms with Crippen LogP contribution in [0.15, 0.2) is 66.9 Å². The summed E-state index contributed by atoms with van der Waals surface area (Å²) in [4.78, 5) is 39.5. The van der Waals surface area contributed by atoms with Crippen LogP contribution in [0.5, 0.6) is 5.75 Å². The summed E-state index contributed by atoms with van der Waals surface area (Å²) >= 11 is 0. The Hall–Kier alpha value is -4.66. The van der Waals surface area contributed by atoms with Gasteiger partial charge in [0.2, 0.25) is 5.78 Å².